The Bertz CT molecular complexity index is 727. The molecule has 2 nitrogen and oxygen atoms in total. The van der Waals surface area contributed by atoms with Gasteiger partial charge in [0, 0.05) is 22.8 Å². The van der Waals surface area contributed by atoms with Gasteiger partial charge in [-0.15, -0.1) is 23.5 Å². The van der Waals surface area contributed by atoms with E-state index in [0.29, 0.717) is 4.58 Å². The molecule has 126 valence electrons. The van der Waals surface area contributed by atoms with Gasteiger partial charge in [0.05, 0.1) is 4.58 Å². The minimum atomic E-state index is 0.0206. The van der Waals surface area contributed by atoms with Gasteiger partial charge in [0.1, 0.15) is 0 Å². The summed E-state index contributed by atoms with van der Waals surface area (Å²) in [6, 6.07) is 14.1. The molecule has 0 N–H and O–H groups in total. The Hall–Kier alpha value is -0.910. The molecule has 2 aromatic carbocycles. The number of benzene rings is 2. The number of nitrogens with zero attached hydrogens (tertiary/aromatic N) is 1. The summed E-state index contributed by atoms with van der Waals surface area (Å²) in [6.45, 7) is 2.03. The van der Waals surface area contributed by atoms with Crippen LogP contribution >= 0.6 is 39.5 Å². The molecule has 1 heterocycles. The highest BCUT2D eigenvalue weighted by Crippen LogP contribution is 2.43. The molecule has 1 aliphatic rings. The maximum absolute atomic E-state index is 12.7. The first-order chi connectivity index (χ1) is 11.6. The Balaban J connectivity index is 1.75. The Labute approximate surface area is 160 Å². The van der Waals surface area contributed by atoms with Crippen molar-refractivity contribution >= 4 is 51.0 Å². The fraction of sp³-hybridized carbons (Fsp3) is 0.316. The molecule has 0 saturated carbocycles. The second-order valence-corrected chi connectivity index (χ2v) is 9.43. The highest BCUT2D eigenvalue weighted by atomic mass is 79.9. The van der Waals surface area contributed by atoms with Gasteiger partial charge in [-0.25, -0.2) is 0 Å². The number of carbonyl (C=O) groups excluding carboxylic acids is 1. The van der Waals surface area contributed by atoms with Crippen LogP contribution in [0.1, 0.15) is 32.5 Å². The largest absolute Gasteiger partial charge is 0.311 e. The second kappa shape index (κ2) is 7.98. The number of aryl methyl sites for hydroxylation is 1. The summed E-state index contributed by atoms with van der Waals surface area (Å²) in [5, 5.41) is 0. The first-order valence-corrected chi connectivity index (χ1v) is 10.8. The normalized spacial score (nSPS) is 15.3. The Kier molecular flexibility index (Phi) is 5.95. The van der Waals surface area contributed by atoms with Crippen LogP contribution in [-0.2, 0) is 0 Å². The minimum Gasteiger partial charge on any atom is -0.311 e. The SMILES string of the molecule is Cc1cc(N(C)C(=O)c2ccc(C3SCCCS3)cc2)ccc1Br. The van der Waals surface area contributed by atoms with Gasteiger partial charge in [0.15, 0.2) is 0 Å². The molecule has 0 radical (unpaired) electrons. The third kappa shape index (κ3) is 4.01. The van der Waals surface area contributed by atoms with E-state index in [0.717, 1.165) is 21.3 Å². The molecule has 1 fully saturated rings. The molecular weight excluding hydrogens is 402 g/mol. The highest BCUT2D eigenvalue weighted by molar-refractivity contribution is 9.10. The zero-order valence-electron chi connectivity index (χ0n) is 13.8. The fourth-order valence-electron chi connectivity index (χ4n) is 2.61. The highest BCUT2D eigenvalue weighted by Gasteiger charge is 2.18. The first-order valence-electron chi connectivity index (χ1n) is 7.93. The molecule has 5 heteroatoms. The fourth-order valence-corrected chi connectivity index (χ4v) is 5.75. The van der Waals surface area contributed by atoms with Crippen molar-refractivity contribution in [1.29, 1.82) is 0 Å². The quantitative estimate of drug-likeness (QED) is 0.614. The second-order valence-electron chi connectivity index (χ2n) is 5.85. The van der Waals surface area contributed by atoms with Crippen LogP contribution < -0.4 is 4.90 Å². The van der Waals surface area contributed by atoms with Crippen molar-refractivity contribution < 1.29 is 4.79 Å². The number of hydrogen-bond acceptors (Lipinski definition) is 3. The Morgan fingerprint density at radius 1 is 1.12 bits per heavy atom. The summed E-state index contributed by atoms with van der Waals surface area (Å²) in [5.74, 6) is 2.47. The van der Waals surface area contributed by atoms with E-state index < -0.39 is 0 Å². The summed E-state index contributed by atoms with van der Waals surface area (Å²) in [7, 11) is 1.83. The average molecular weight is 422 g/mol. The van der Waals surface area contributed by atoms with Crippen LogP contribution in [0.2, 0.25) is 0 Å². The van der Waals surface area contributed by atoms with Crippen LogP contribution in [0.4, 0.5) is 5.69 Å². The molecule has 1 saturated heterocycles. The van der Waals surface area contributed by atoms with Crippen molar-refractivity contribution in [2.24, 2.45) is 0 Å². The molecule has 0 aliphatic carbocycles. The summed E-state index contributed by atoms with van der Waals surface area (Å²) >= 11 is 7.50. The first kappa shape index (κ1) is 17.9. The van der Waals surface area contributed by atoms with E-state index in [1.54, 1.807) is 4.90 Å². The summed E-state index contributed by atoms with van der Waals surface area (Å²) in [4.78, 5) is 14.4. The number of thioether (sulfide) groups is 2. The van der Waals surface area contributed by atoms with E-state index in [4.69, 9.17) is 0 Å². The molecule has 1 amide bonds. The van der Waals surface area contributed by atoms with E-state index >= 15 is 0 Å². The van der Waals surface area contributed by atoms with Gasteiger partial charge < -0.3 is 4.90 Å². The third-order valence-corrected chi connectivity index (χ3v) is 8.00. The number of amides is 1. The predicted molar refractivity (Wildman–Crippen MR) is 110 cm³/mol. The van der Waals surface area contributed by atoms with Gasteiger partial charge in [0.25, 0.3) is 5.91 Å². The molecule has 0 unspecified atom stereocenters. The molecule has 2 aromatic rings. The maximum atomic E-state index is 12.7. The molecule has 3 rings (SSSR count). The van der Waals surface area contributed by atoms with Crippen molar-refractivity contribution in [3.05, 3.63) is 63.6 Å². The molecule has 0 spiro atoms. The topological polar surface area (TPSA) is 20.3 Å². The van der Waals surface area contributed by atoms with Crippen molar-refractivity contribution in [1.82, 2.24) is 0 Å². The lowest BCUT2D eigenvalue weighted by Crippen LogP contribution is -2.26. The van der Waals surface area contributed by atoms with E-state index in [2.05, 4.69) is 28.1 Å². The zero-order valence-corrected chi connectivity index (χ0v) is 17.0. The van der Waals surface area contributed by atoms with Crippen molar-refractivity contribution in [2.45, 2.75) is 17.9 Å². The lowest BCUT2D eigenvalue weighted by molar-refractivity contribution is 0.0993. The van der Waals surface area contributed by atoms with Gasteiger partial charge in [-0.05, 0) is 66.3 Å². The van der Waals surface area contributed by atoms with E-state index in [-0.39, 0.29) is 5.91 Å². The summed E-state index contributed by atoms with van der Waals surface area (Å²) in [6.07, 6.45) is 1.29. The van der Waals surface area contributed by atoms with Crippen molar-refractivity contribution in [3.63, 3.8) is 0 Å². The summed E-state index contributed by atoms with van der Waals surface area (Å²) in [5.41, 5.74) is 4.06. The molecular formula is C19H20BrNOS2. The average Bonchev–Trinajstić information content (AvgIpc) is 2.63. The minimum absolute atomic E-state index is 0.0206. The molecule has 0 aromatic heterocycles. The van der Waals surface area contributed by atoms with Gasteiger partial charge >= 0.3 is 0 Å². The van der Waals surface area contributed by atoms with Crippen molar-refractivity contribution in [3.8, 4) is 0 Å². The Morgan fingerprint density at radius 2 is 1.79 bits per heavy atom. The molecule has 0 atom stereocenters. The lowest BCUT2D eigenvalue weighted by atomic mass is 10.1. The number of hydrogen-bond donors (Lipinski definition) is 0. The van der Waals surface area contributed by atoms with Gasteiger partial charge in [-0.1, -0.05) is 28.1 Å². The van der Waals surface area contributed by atoms with Crippen molar-refractivity contribution in [2.75, 3.05) is 23.5 Å². The van der Waals surface area contributed by atoms with E-state index in [1.807, 2.05) is 67.8 Å². The Morgan fingerprint density at radius 3 is 2.42 bits per heavy atom. The van der Waals surface area contributed by atoms with Gasteiger partial charge in [-0.2, -0.15) is 0 Å². The number of halogens is 1. The standard InChI is InChI=1S/C19H20BrNOS2/c1-13-12-16(8-9-17(13)20)21(2)18(22)14-4-6-15(7-5-14)19-23-10-3-11-24-19/h4-9,12,19H,3,10-11H2,1-2H3. The lowest BCUT2D eigenvalue weighted by Gasteiger charge is -2.22. The van der Waals surface area contributed by atoms with Crippen LogP contribution in [0.3, 0.4) is 0 Å². The van der Waals surface area contributed by atoms with Crippen LogP contribution in [0.5, 0.6) is 0 Å². The smallest absolute Gasteiger partial charge is 0.258 e. The van der Waals surface area contributed by atoms with Crippen LogP contribution in [0.25, 0.3) is 0 Å². The van der Waals surface area contributed by atoms with Crippen LogP contribution in [0.15, 0.2) is 46.9 Å². The number of carbonyl (C=O) groups is 1. The van der Waals surface area contributed by atoms with Crippen LogP contribution in [-0.4, -0.2) is 24.5 Å². The maximum Gasteiger partial charge on any atom is 0.258 e. The summed E-state index contributed by atoms with van der Waals surface area (Å²) < 4.78 is 1.56. The van der Waals surface area contributed by atoms with E-state index in [1.165, 1.54) is 23.5 Å². The molecule has 24 heavy (non-hydrogen) atoms. The van der Waals surface area contributed by atoms with Crippen LogP contribution in [0, 0.1) is 6.92 Å². The van der Waals surface area contributed by atoms with E-state index in [9.17, 15) is 4.79 Å². The zero-order chi connectivity index (χ0) is 17.1. The molecule has 0 bridgehead atoms. The number of rotatable bonds is 3. The van der Waals surface area contributed by atoms with Gasteiger partial charge in [-0.3, -0.25) is 4.79 Å². The third-order valence-electron chi connectivity index (χ3n) is 4.09. The number of anilines is 1. The monoisotopic (exact) mass is 421 g/mol. The van der Waals surface area contributed by atoms with Gasteiger partial charge in [0.2, 0.25) is 0 Å². The molecule has 1 aliphatic heterocycles. The predicted octanol–water partition coefficient (Wildman–Crippen LogP) is 5.90.